The lowest BCUT2D eigenvalue weighted by Gasteiger charge is -2.18. The summed E-state index contributed by atoms with van der Waals surface area (Å²) in [6.45, 7) is 7.08. The van der Waals surface area contributed by atoms with E-state index in [9.17, 15) is 0 Å². The van der Waals surface area contributed by atoms with Crippen LogP contribution in [0.1, 0.15) is 29.4 Å². The number of nitrogens with one attached hydrogen (secondary N) is 2. The monoisotopic (exact) mass is 391 g/mol. The number of halogens is 1. The Morgan fingerprint density at radius 3 is 2.50 bits per heavy atom. The van der Waals surface area contributed by atoms with Crippen LogP contribution in [0.4, 0.5) is 0 Å². The molecular weight excluding hydrogens is 366 g/mol. The van der Waals surface area contributed by atoms with E-state index >= 15 is 0 Å². The maximum absolute atomic E-state index is 4.49. The van der Waals surface area contributed by atoms with Crippen molar-refractivity contribution in [3.05, 3.63) is 51.3 Å². The number of nitrogens with zero attached hydrogens (tertiary/aromatic N) is 3. The largest absolute Gasteiger partial charge is 0.354 e. The van der Waals surface area contributed by atoms with Crippen LogP contribution in [0.5, 0.6) is 0 Å². The van der Waals surface area contributed by atoms with Gasteiger partial charge in [-0.05, 0) is 50.5 Å². The maximum atomic E-state index is 4.49. The topological polar surface area (TPSA) is 54.2 Å². The summed E-state index contributed by atoms with van der Waals surface area (Å²) >= 11 is 3.45. The number of hydrogen-bond donors (Lipinski definition) is 2. The van der Waals surface area contributed by atoms with Gasteiger partial charge >= 0.3 is 0 Å². The van der Waals surface area contributed by atoms with E-state index in [1.807, 2.05) is 23.9 Å². The molecule has 130 valence electrons. The third-order valence-electron chi connectivity index (χ3n) is 4.15. The van der Waals surface area contributed by atoms with E-state index in [4.69, 9.17) is 0 Å². The maximum Gasteiger partial charge on any atom is 0.191 e. The molecule has 0 aliphatic heterocycles. The van der Waals surface area contributed by atoms with Crippen LogP contribution >= 0.6 is 15.9 Å². The van der Waals surface area contributed by atoms with E-state index < -0.39 is 0 Å². The molecule has 6 heteroatoms. The lowest BCUT2D eigenvalue weighted by molar-refractivity contribution is 0.635. The first kappa shape index (κ1) is 18.5. The van der Waals surface area contributed by atoms with Crippen LogP contribution < -0.4 is 10.6 Å². The molecule has 1 atom stereocenters. The summed E-state index contributed by atoms with van der Waals surface area (Å²) in [6.07, 6.45) is 0.921. The minimum atomic E-state index is 0.266. The molecule has 0 amide bonds. The molecule has 1 heterocycles. The summed E-state index contributed by atoms with van der Waals surface area (Å²) in [4.78, 5) is 4.32. The van der Waals surface area contributed by atoms with Gasteiger partial charge in [0.25, 0.3) is 0 Å². The number of aromatic nitrogens is 2. The molecular formula is C18H26BrN5. The summed E-state index contributed by atoms with van der Waals surface area (Å²) in [5, 5.41) is 11.3. The highest BCUT2D eigenvalue weighted by atomic mass is 79.9. The molecule has 0 aliphatic rings. The SMILES string of the molecule is CN=C(NCc1ccc(Br)cc1)NC(C)Cc1c(C)nn(C)c1C. The summed E-state index contributed by atoms with van der Waals surface area (Å²) in [7, 11) is 3.78. The highest BCUT2D eigenvalue weighted by molar-refractivity contribution is 9.10. The van der Waals surface area contributed by atoms with Crippen molar-refractivity contribution in [2.75, 3.05) is 7.05 Å². The standard InChI is InChI=1S/C18H26BrN5/c1-12(10-17-13(2)23-24(5)14(17)3)22-18(20-4)21-11-15-6-8-16(19)9-7-15/h6-9,12H,10-11H2,1-5H3,(H2,20,21,22). The lowest BCUT2D eigenvalue weighted by atomic mass is 10.1. The van der Waals surface area contributed by atoms with Crippen molar-refractivity contribution < 1.29 is 0 Å². The molecule has 24 heavy (non-hydrogen) atoms. The van der Waals surface area contributed by atoms with Crippen LogP contribution in [-0.2, 0) is 20.0 Å². The zero-order valence-electron chi connectivity index (χ0n) is 15.0. The van der Waals surface area contributed by atoms with Gasteiger partial charge in [0.2, 0.25) is 0 Å². The van der Waals surface area contributed by atoms with Crippen molar-refractivity contribution in [2.45, 2.75) is 39.8 Å². The summed E-state index contributed by atoms with van der Waals surface area (Å²) in [6, 6.07) is 8.54. The van der Waals surface area contributed by atoms with Crippen molar-refractivity contribution >= 4 is 21.9 Å². The zero-order valence-corrected chi connectivity index (χ0v) is 16.6. The number of guanidine groups is 1. The van der Waals surface area contributed by atoms with Crippen molar-refractivity contribution in [2.24, 2.45) is 12.0 Å². The van der Waals surface area contributed by atoms with Gasteiger partial charge < -0.3 is 10.6 Å². The molecule has 2 N–H and O–H groups in total. The fourth-order valence-corrected chi connectivity index (χ4v) is 2.95. The summed E-state index contributed by atoms with van der Waals surface area (Å²) < 4.78 is 3.03. The van der Waals surface area contributed by atoms with Crippen molar-refractivity contribution in [3.63, 3.8) is 0 Å². The smallest absolute Gasteiger partial charge is 0.191 e. The van der Waals surface area contributed by atoms with Crippen molar-refractivity contribution in [1.29, 1.82) is 0 Å². The normalized spacial score (nSPS) is 13.0. The molecule has 1 aromatic carbocycles. The number of rotatable bonds is 5. The third-order valence-corrected chi connectivity index (χ3v) is 4.68. The second-order valence-corrected chi connectivity index (χ2v) is 6.99. The summed E-state index contributed by atoms with van der Waals surface area (Å²) in [5.74, 6) is 0.810. The Labute approximate surface area is 152 Å². The Kier molecular flexibility index (Phi) is 6.43. The Morgan fingerprint density at radius 1 is 1.29 bits per heavy atom. The molecule has 0 fully saturated rings. The van der Waals surface area contributed by atoms with E-state index in [2.05, 4.69) is 69.6 Å². The number of aliphatic imine (C=N–C) groups is 1. The molecule has 0 saturated heterocycles. The van der Waals surface area contributed by atoms with Gasteiger partial charge in [-0.1, -0.05) is 28.1 Å². The molecule has 1 unspecified atom stereocenters. The minimum Gasteiger partial charge on any atom is -0.354 e. The lowest BCUT2D eigenvalue weighted by Crippen LogP contribution is -2.42. The molecule has 0 radical (unpaired) electrons. The number of benzene rings is 1. The Morgan fingerprint density at radius 2 is 1.96 bits per heavy atom. The van der Waals surface area contributed by atoms with Crippen LogP contribution in [0, 0.1) is 13.8 Å². The molecule has 5 nitrogen and oxygen atoms in total. The minimum absolute atomic E-state index is 0.266. The number of hydrogen-bond acceptors (Lipinski definition) is 2. The van der Waals surface area contributed by atoms with Gasteiger partial charge in [0, 0.05) is 36.8 Å². The number of aryl methyl sites for hydroxylation is 2. The molecule has 0 saturated carbocycles. The van der Waals surface area contributed by atoms with Crippen LogP contribution in [0.3, 0.4) is 0 Å². The molecule has 1 aromatic heterocycles. The molecule has 0 aliphatic carbocycles. The van der Waals surface area contributed by atoms with Crippen LogP contribution in [0.2, 0.25) is 0 Å². The van der Waals surface area contributed by atoms with Gasteiger partial charge in [0.15, 0.2) is 5.96 Å². The van der Waals surface area contributed by atoms with Gasteiger partial charge in [-0.15, -0.1) is 0 Å². The van der Waals surface area contributed by atoms with Gasteiger partial charge in [0.05, 0.1) is 5.69 Å². The molecule has 2 rings (SSSR count). The first-order valence-electron chi connectivity index (χ1n) is 8.11. The van der Waals surface area contributed by atoms with Crippen LogP contribution in [0.25, 0.3) is 0 Å². The molecule has 0 bridgehead atoms. The Bertz CT molecular complexity index is 703. The van der Waals surface area contributed by atoms with Crippen LogP contribution in [0.15, 0.2) is 33.7 Å². The Hall–Kier alpha value is -1.82. The molecule has 2 aromatic rings. The highest BCUT2D eigenvalue weighted by Gasteiger charge is 2.13. The van der Waals surface area contributed by atoms with Crippen LogP contribution in [-0.4, -0.2) is 28.8 Å². The second kappa shape index (κ2) is 8.33. The van der Waals surface area contributed by atoms with E-state index in [1.165, 1.54) is 16.8 Å². The van der Waals surface area contributed by atoms with E-state index in [0.29, 0.717) is 0 Å². The predicted molar refractivity (Wildman–Crippen MR) is 103 cm³/mol. The first-order valence-corrected chi connectivity index (χ1v) is 8.90. The zero-order chi connectivity index (χ0) is 17.7. The van der Waals surface area contributed by atoms with Gasteiger partial charge in [-0.2, -0.15) is 5.10 Å². The Balaban J connectivity index is 1.91. The quantitative estimate of drug-likeness (QED) is 0.608. The summed E-state index contributed by atoms with van der Waals surface area (Å²) in [5.41, 5.74) is 4.84. The van der Waals surface area contributed by atoms with E-state index in [0.717, 1.165) is 29.1 Å². The average molecular weight is 392 g/mol. The second-order valence-electron chi connectivity index (χ2n) is 6.07. The van der Waals surface area contributed by atoms with Gasteiger partial charge in [-0.3, -0.25) is 9.67 Å². The molecule has 0 spiro atoms. The van der Waals surface area contributed by atoms with E-state index in [1.54, 1.807) is 7.05 Å². The fourth-order valence-electron chi connectivity index (χ4n) is 2.69. The highest BCUT2D eigenvalue weighted by Crippen LogP contribution is 2.14. The first-order chi connectivity index (χ1) is 11.4. The fraction of sp³-hybridized carbons (Fsp3) is 0.444. The predicted octanol–water partition coefficient (Wildman–Crippen LogP) is 3.10. The third kappa shape index (κ3) is 4.84. The van der Waals surface area contributed by atoms with E-state index in [-0.39, 0.29) is 6.04 Å². The van der Waals surface area contributed by atoms with Gasteiger partial charge in [-0.25, -0.2) is 0 Å². The van der Waals surface area contributed by atoms with Crippen molar-refractivity contribution in [1.82, 2.24) is 20.4 Å². The van der Waals surface area contributed by atoms with Crippen molar-refractivity contribution in [3.8, 4) is 0 Å². The van der Waals surface area contributed by atoms with Gasteiger partial charge in [0.1, 0.15) is 0 Å². The average Bonchev–Trinajstić information content (AvgIpc) is 2.79.